The maximum atomic E-state index is 2.30. The van der Waals surface area contributed by atoms with Crippen molar-refractivity contribution in [2.75, 3.05) is 6.54 Å². The molecule has 0 spiro atoms. The number of quaternary nitrogens is 1. The van der Waals surface area contributed by atoms with Crippen molar-refractivity contribution in [3.05, 3.63) is 120 Å². The van der Waals surface area contributed by atoms with Crippen LogP contribution in [0.25, 0.3) is 0 Å². The summed E-state index contributed by atoms with van der Waals surface area (Å²) >= 11 is 0. The fourth-order valence-electron chi connectivity index (χ4n) is 4.72. The van der Waals surface area contributed by atoms with Crippen molar-refractivity contribution < 1.29 is 4.48 Å². The summed E-state index contributed by atoms with van der Waals surface area (Å²) in [4.78, 5) is 0. The van der Waals surface area contributed by atoms with Gasteiger partial charge in [0.2, 0.25) is 0 Å². The Morgan fingerprint density at radius 2 is 0.938 bits per heavy atom. The van der Waals surface area contributed by atoms with E-state index < -0.39 is 0 Å². The molecule has 0 aliphatic carbocycles. The highest BCUT2D eigenvalue weighted by molar-refractivity contribution is 5.17. The van der Waals surface area contributed by atoms with Gasteiger partial charge in [-0.1, -0.05) is 116 Å². The number of hydrogen-bond acceptors (Lipinski definition) is 0. The highest BCUT2D eigenvalue weighted by atomic mass is 15.3. The third kappa shape index (κ3) is 8.48. The standard InChI is InChI=1S/C31H40N/c1-2-3-4-5-6-7-8-18-25-32(26-29-19-12-9-13-20-29,27-30-21-14-10-15-22-30)28-31-23-16-11-17-24-31/h2-3,9-17,19-24H,4-8,18,25-28H2,1H3/q+1/b3-2+. The zero-order valence-electron chi connectivity index (χ0n) is 19.8. The topological polar surface area (TPSA) is 0 Å². The van der Waals surface area contributed by atoms with Crippen LogP contribution in [0.2, 0.25) is 0 Å². The summed E-state index contributed by atoms with van der Waals surface area (Å²) < 4.78 is 1.08. The van der Waals surface area contributed by atoms with Crippen LogP contribution in [-0.2, 0) is 19.6 Å². The Labute approximate surface area is 196 Å². The molecule has 0 bridgehead atoms. The van der Waals surface area contributed by atoms with E-state index in [9.17, 15) is 0 Å². The van der Waals surface area contributed by atoms with Crippen LogP contribution >= 0.6 is 0 Å². The normalized spacial score (nSPS) is 11.8. The van der Waals surface area contributed by atoms with Gasteiger partial charge in [-0.15, -0.1) is 0 Å². The number of benzene rings is 3. The van der Waals surface area contributed by atoms with Crippen molar-refractivity contribution in [1.82, 2.24) is 0 Å². The minimum Gasteiger partial charge on any atom is -0.312 e. The van der Waals surface area contributed by atoms with Crippen LogP contribution in [0.5, 0.6) is 0 Å². The minimum atomic E-state index is 1.08. The fourth-order valence-corrected chi connectivity index (χ4v) is 4.72. The van der Waals surface area contributed by atoms with Crippen LogP contribution in [0.4, 0.5) is 0 Å². The number of hydrogen-bond donors (Lipinski definition) is 0. The number of rotatable bonds is 14. The Bertz CT molecular complexity index is 782. The van der Waals surface area contributed by atoms with Gasteiger partial charge >= 0.3 is 0 Å². The molecule has 0 atom stereocenters. The molecule has 1 heteroatoms. The van der Waals surface area contributed by atoms with Gasteiger partial charge in [0, 0.05) is 16.7 Å². The summed E-state index contributed by atoms with van der Waals surface area (Å²) in [5, 5.41) is 0. The van der Waals surface area contributed by atoms with Gasteiger partial charge in [-0.05, 0) is 32.6 Å². The molecular weight excluding hydrogens is 386 g/mol. The first-order valence-corrected chi connectivity index (χ1v) is 12.4. The SMILES string of the molecule is C/C=C/CCCCCCC[N+](Cc1ccccc1)(Cc1ccccc1)Cc1ccccc1. The van der Waals surface area contributed by atoms with E-state index in [2.05, 4.69) is 110 Å². The van der Waals surface area contributed by atoms with E-state index in [4.69, 9.17) is 0 Å². The molecule has 32 heavy (non-hydrogen) atoms. The summed E-state index contributed by atoms with van der Waals surface area (Å²) in [6.07, 6.45) is 12.3. The molecule has 0 unspecified atom stereocenters. The van der Waals surface area contributed by atoms with E-state index in [0.717, 1.165) is 24.1 Å². The molecule has 0 amide bonds. The van der Waals surface area contributed by atoms with E-state index in [0.29, 0.717) is 0 Å². The largest absolute Gasteiger partial charge is 0.312 e. The van der Waals surface area contributed by atoms with Gasteiger partial charge in [-0.2, -0.15) is 0 Å². The number of allylic oxidation sites excluding steroid dienone is 2. The maximum absolute atomic E-state index is 2.30. The highest BCUT2D eigenvalue weighted by Crippen LogP contribution is 2.25. The zero-order valence-corrected chi connectivity index (χ0v) is 19.8. The first-order valence-electron chi connectivity index (χ1n) is 12.4. The van der Waals surface area contributed by atoms with Crippen molar-refractivity contribution >= 4 is 0 Å². The van der Waals surface area contributed by atoms with Crippen LogP contribution in [0.1, 0.15) is 62.1 Å². The van der Waals surface area contributed by atoms with E-state index >= 15 is 0 Å². The van der Waals surface area contributed by atoms with Crippen molar-refractivity contribution in [2.24, 2.45) is 0 Å². The first-order chi connectivity index (χ1) is 15.8. The lowest BCUT2D eigenvalue weighted by Gasteiger charge is -2.39. The van der Waals surface area contributed by atoms with Crippen molar-refractivity contribution in [3.63, 3.8) is 0 Å². The Morgan fingerprint density at radius 1 is 0.531 bits per heavy atom. The summed E-state index contributed by atoms with van der Waals surface area (Å²) in [6.45, 7) is 6.56. The van der Waals surface area contributed by atoms with Gasteiger partial charge in [-0.25, -0.2) is 0 Å². The first kappa shape index (κ1) is 24.0. The zero-order chi connectivity index (χ0) is 22.3. The lowest BCUT2D eigenvalue weighted by molar-refractivity contribution is -0.966. The smallest absolute Gasteiger partial charge is 0.105 e. The van der Waals surface area contributed by atoms with Crippen LogP contribution in [0.15, 0.2) is 103 Å². The predicted molar refractivity (Wildman–Crippen MR) is 138 cm³/mol. The van der Waals surface area contributed by atoms with Crippen LogP contribution in [-0.4, -0.2) is 11.0 Å². The molecule has 1 nitrogen and oxygen atoms in total. The van der Waals surface area contributed by atoms with Crippen LogP contribution in [0, 0.1) is 0 Å². The molecule has 3 aromatic rings. The van der Waals surface area contributed by atoms with E-state index in [1.54, 1.807) is 0 Å². The Morgan fingerprint density at radius 3 is 1.38 bits per heavy atom. The molecule has 0 saturated heterocycles. The third-order valence-electron chi connectivity index (χ3n) is 6.32. The second-order valence-corrected chi connectivity index (χ2v) is 9.12. The Kier molecular flexibility index (Phi) is 10.3. The number of unbranched alkanes of at least 4 members (excludes halogenated alkanes) is 5. The lowest BCUT2D eigenvalue weighted by atomic mass is 10.0. The van der Waals surface area contributed by atoms with Gasteiger partial charge < -0.3 is 4.48 Å². The monoisotopic (exact) mass is 426 g/mol. The molecule has 0 aliphatic heterocycles. The molecule has 168 valence electrons. The molecule has 3 rings (SSSR count). The molecule has 0 N–H and O–H groups in total. The van der Waals surface area contributed by atoms with Crippen molar-refractivity contribution in [2.45, 2.75) is 65.1 Å². The van der Waals surface area contributed by atoms with Crippen LogP contribution in [0.3, 0.4) is 0 Å². The molecule has 0 saturated carbocycles. The highest BCUT2D eigenvalue weighted by Gasteiger charge is 2.28. The summed E-state index contributed by atoms with van der Waals surface area (Å²) in [5.74, 6) is 0. The fraction of sp³-hybridized carbons (Fsp3) is 0.355. The average molecular weight is 427 g/mol. The Balaban J connectivity index is 1.75. The quantitative estimate of drug-likeness (QED) is 0.138. The number of nitrogens with zero attached hydrogens (tertiary/aromatic N) is 1. The average Bonchev–Trinajstić information content (AvgIpc) is 2.83. The molecule has 0 aliphatic rings. The molecular formula is C31H40N+. The molecule has 0 heterocycles. The maximum Gasteiger partial charge on any atom is 0.105 e. The second-order valence-electron chi connectivity index (χ2n) is 9.12. The van der Waals surface area contributed by atoms with Gasteiger partial charge in [0.25, 0.3) is 0 Å². The van der Waals surface area contributed by atoms with E-state index in [-0.39, 0.29) is 0 Å². The summed E-state index contributed by atoms with van der Waals surface area (Å²) in [7, 11) is 0. The lowest BCUT2D eigenvalue weighted by Crippen LogP contribution is -2.46. The van der Waals surface area contributed by atoms with Gasteiger partial charge in [-0.3, -0.25) is 0 Å². The molecule has 0 fully saturated rings. The third-order valence-corrected chi connectivity index (χ3v) is 6.32. The van der Waals surface area contributed by atoms with E-state index in [1.165, 1.54) is 61.8 Å². The second kappa shape index (κ2) is 13.7. The molecule has 3 aromatic carbocycles. The van der Waals surface area contributed by atoms with Crippen LogP contribution < -0.4 is 0 Å². The van der Waals surface area contributed by atoms with Gasteiger partial charge in [0.05, 0.1) is 6.54 Å². The predicted octanol–water partition coefficient (Wildman–Crippen LogP) is 8.32. The van der Waals surface area contributed by atoms with Gasteiger partial charge in [0.15, 0.2) is 0 Å². The Hall–Kier alpha value is -2.64. The summed E-state index contributed by atoms with van der Waals surface area (Å²) in [6, 6.07) is 33.2. The van der Waals surface area contributed by atoms with E-state index in [1.807, 2.05) is 0 Å². The van der Waals surface area contributed by atoms with Crippen molar-refractivity contribution in [1.29, 1.82) is 0 Å². The minimum absolute atomic E-state index is 1.08. The molecule has 0 radical (unpaired) electrons. The molecule has 0 aromatic heterocycles. The van der Waals surface area contributed by atoms with Gasteiger partial charge in [0.1, 0.15) is 19.6 Å². The summed E-state index contributed by atoms with van der Waals surface area (Å²) in [5.41, 5.74) is 4.31. The van der Waals surface area contributed by atoms with Crippen molar-refractivity contribution in [3.8, 4) is 0 Å².